The third-order valence-electron chi connectivity index (χ3n) is 2.27. The number of nitrogens with zero attached hydrogens (tertiary/aromatic N) is 1. The van der Waals surface area contributed by atoms with Gasteiger partial charge in [-0.1, -0.05) is 0 Å². The number of anilines is 1. The monoisotopic (exact) mass is 308 g/mol. The summed E-state index contributed by atoms with van der Waals surface area (Å²) in [6.45, 7) is -3.12. The third-order valence-corrected chi connectivity index (χ3v) is 2.27. The maximum Gasteiger partial charge on any atom is 0.405 e. The van der Waals surface area contributed by atoms with Crippen LogP contribution in [-0.4, -0.2) is 25.8 Å². The van der Waals surface area contributed by atoms with Crippen LogP contribution in [0.2, 0.25) is 0 Å². The van der Waals surface area contributed by atoms with Gasteiger partial charge in [-0.05, 0) is 0 Å². The molecule has 0 aliphatic rings. The van der Waals surface area contributed by atoms with Gasteiger partial charge >= 0.3 is 6.18 Å². The van der Waals surface area contributed by atoms with E-state index >= 15 is 0 Å². The Bertz CT molecular complexity index is 470. The molecule has 0 bridgehead atoms. The number of hydrogen-bond acceptors (Lipinski definition) is 2. The normalized spacial score (nSPS) is 11.8. The second-order valence-corrected chi connectivity index (χ2v) is 3.74. The van der Waals surface area contributed by atoms with E-state index in [0.29, 0.717) is 0 Å². The molecule has 0 heterocycles. The number of rotatable bonds is 4. The zero-order valence-electron chi connectivity index (χ0n) is 9.67. The van der Waals surface area contributed by atoms with Crippen LogP contribution >= 0.6 is 0 Å². The lowest BCUT2D eigenvalue weighted by molar-refractivity contribution is -0.119. The van der Waals surface area contributed by atoms with Crippen molar-refractivity contribution in [3.8, 4) is 0 Å². The Morgan fingerprint density at radius 3 is 1.55 bits per heavy atom. The maximum atomic E-state index is 13.4. The lowest BCUT2D eigenvalue weighted by Crippen LogP contribution is -2.39. The van der Waals surface area contributed by atoms with Crippen LogP contribution in [0.15, 0.2) is 0 Å². The first-order valence-corrected chi connectivity index (χ1v) is 5.13. The highest BCUT2D eigenvalue weighted by Crippen LogP contribution is 2.31. The zero-order valence-corrected chi connectivity index (χ0v) is 9.67. The van der Waals surface area contributed by atoms with Gasteiger partial charge in [0.2, 0.25) is 5.82 Å². The van der Waals surface area contributed by atoms with Crippen molar-refractivity contribution in [1.82, 2.24) is 0 Å². The molecule has 0 aliphatic carbocycles. The third kappa shape index (κ3) is 3.30. The van der Waals surface area contributed by atoms with Crippen molar-refractivity contribution in [2.75, 3.05) is 24.5 Å². The maximum absolute atomic E-state index is 13.4. The van der Waals surface area contributed by atoms with E-state index in [1.807, 2.05) is 0 Å². The average molecular weight is 308 g/mol. The molecular formula is C10H8F8N2. The van der Waals surface area contributed by atoms with Gasteiger partial charge in [0.15, 0.2) is 23.3 Å². The van der Waals surface area contributed by atoms with E-state index in [0.717, 1.165) is 0 Å². The summed E-state index contributed by atoms with van der Waals surface area (Å²) in [7, 11) is 0. The quantitative estimate of drug-likeness (QED) is 0.526. The fourth-order valence-corrected chi connectivity index (χ4v) is 1.51. The first kappa shape index (κ1) is 16.5. The molecule has 10 heteroatoms. The molecule has 114 valence electrons. The van der Waals surface area contributed by atoms with Gasteiger partial charge in [-0.25, -0.2) is 22.0 Å². The second-order valence-electron chi connectivity index (χ2n) is 3.74. The molecule has 1 aromatic carbocycles. The van der Waals surface area contributed by atoms with E-state index in [9.17, 15) is 35.1 Å². The zero-order chi connectivity index (χ0) is 15.7. The van der Waals surface area contributed by atoms with Gasteiger partial charge in [0, 0.05) is 13.1 Å². The number of alkyl halides is 3. The Kier molecular flexibility index (Phi) is 4.79. The highest BCUT2D eigenvalue weighted by atomic mass is 19.4. The molecule has 0 fully saturated rings. The van der Waals surface area contributed by atoms with E-state index in [1.54, 1.807) is 0 Å². The lowest BCUT2D eigenvalue weighted by Gasteiger charge is -2.26. The summed E-state index contributed by atoms with van der Waals surface area (Å²) in [5, 5.41) is 0. The predicted octanol–water partition coefficient (Wildman–Crippen LogP) is 2.71. The number of benzene rings is 1. The topological polar surface area (TPSA) is 29.3 Å². The highest BCUT2D eigenvalue weighted by molar-refractivity contribution is 5.50. The minimum absolute atomic E-state index is 0.0454. The van der Waals surface area contributed by atoms with E-state index < -0.39 is 60.6 Å². The van der Waals surface area contributed by atoms with E-state index in [2.05, 4.69) is 0 Å². The van der Waals surface area contributed by atoms with Gasteiger partial charge in [-0.3, -0.25) is 0 Å². The SMILES string of the molecule is NCCN(CC(F)(F)F)c1c(F)c(F)c(F)c(F)c1F. The van der Waals surface area contributed by atoms with Crippen LogP contribution in [0.1, 0.15) is 0 Å². The van der Waals surface area contributed by atoms with Crippen LogP contribution in [0.5, 0.6) is 0 Å². The number of halogens is 8. The first-order valence-electron chi connectivity index (χ1n) is 5.13. The molecule has 1 rings (SSSR count). The molecule has 0 radical (unpaired) electrons. The smallest absolute Gasteiger partial charge is 0.356 e. The van der Waals surface area contributed by atoms with Crippen molar-refractivity contribution < 1.29 is 35.1 Å². The first-order chi connectivity index (χ1) is 9.10. The Morgan fingerprint density at radius 1 is 0.800 bits per heavy atom. The molecule has 0 amide bonds. The minimum atomic E-state index is -4.91. The molecule has 0 aromatic heterocycles. The fourth-order valence-electron chi connectivity index (χ4n) is 1.51. The molecule has 0 saturated heterocycles. The van der Waals surface area contributed by atoms with Gasteiger partial charge in [0.1, 0.15) is 12.2 Å². The van der Waals surface area contributed by atoms with Gasteiger partial charge in [0.05, 0.1) is 0 Å². The molecule has 0 saturated carbocycles. The predicted molar refractivity (Wildman–Crippen MR) is 53.6 cm³/mol. The molecular weight excluding hydrogens is 300 g/mol. The minimum Gasteiger partial charge on any atom is -0.356 e. The van der Waals surface area contributed by atoms with Crippen LogP contribution in [0.25, 0.3) is 0 Å². The van der Waals surface area contributed by atoms with Crippen LogP contribution in [0.4, 0.5) is 40.8 Å². The van der Waals surface area contributed by atoms with Crippen molar-refractivity contribution in [2.45, 2.75) is 6.18 Å². The number of nitrogens with two attached hydrogens (primary N) is 1. The highest BCUT2D eigenvalue weighted by Gasteiger charge is 2.35. The van der Waals surface area contributed by atoms with Crippen LogP contribution in [0.3, 0.4) is 0 Å². The molecule has 1 aromatic rings. The Hall–Kier alpha value is -1.58. The fraction of sp³-hybridized carbons (Fsp3) is 0.400. The van der Waals surface area contributed by atoms with Gasteiger partial charge in [0.25, 0.3) is 0 Å². The summed E-state index contributed by atoms with van der Waals surface area (Å²) < 4.78 is 102. The Balaban J connectivity index is 3.40. The van der Waals surface area contributed by atoms with E-state index in [-0.39, 0.29) is 4.90 Å². The van der Waals surface area contributed by atoms with Crippen molar-refractivity contribution in [3.63, 3.8) is 0 Å². The van der Waals surface area contributed by atoms with Crippen molar-refractivity contribution in [1.29, 1.82) is 0 Å². The average Bonchev–Trinajstić information content (AvgIpc) is 2.32. The van der Waals surface area contributed by atoms with Crippen molar-refractivity contribution >= 4 is 5.69 Å². The summed E-state index contributed by atoms with van der Waals surface area (Å²) in [5.74, 6) is -11.7. The van der Waals surface area contributed by atoms with E-state index in [1.165, 1.54) is 0 Å². The summed E-state index contributed by atoms with van der Waals surface area (Å²) in [6, 6.07) is 0. The summed E-state index contributed by atoms with van der Waals surface area (Å²) in [5.41, 5.74) is 3.33. The summed E-state index contributed by atoms with van der Waals surface area (Å²) in [6.07, 6.45) is -4.91. The summed E-state index contributed by atoms with van der Waals surface area (Å²) in [4.78, 5) is -0.0454. The molecule has 0 atom stereocenters. The molecule has 0 aliphatic heterocycles. The molecule has 0 unspecified atom stereocenters. The molecule has 2 nitrogen and oxygen atoms in total. The standard InChI is InChI=1S/C10H8F8N2/c11-4-5(12)7(14)9(8(15)6(4)13)20(2-1-19)3-10(16,17)18/h1-3,19H2. The molecule has 2 N–H and O–H groups in total. The molecule has 20 heavy (non-hydrogen) atoms. The van der Waals surface area contributed by atoms with Gasteiger partial charge < -0.3 is 10.6 Å². The van der Waals surface area contributed by atoms with Crippen molar-refractivity contribution in [2.24, 2.45) is 5.73 Å². The number of hydrogen-bond donors (Lipinski definition) is 1. The van der Waals surface area contributed by atoms with Crippen molar-refractivity contribution in [3.05, 3.63) is 29.1 Å². The molecule has 0 spiro atoms. The van der Waals surface area contributed by atoms with Crippen LogP contribution < -0.4 is 10.6 Å². The van der Waals surface area contributed by atoms with Crippen LogP contribution in [-0.2, 0) is 0 Å². The van der Waals surface area contributed by atoms with E-state index in [4.69, 9.17) is 5.73 Å². The van der Waals surface area contributed by atoms with Crippen LogP contribution in [0, 0.1) is 29.1 Å². The lowest BCUT2D eigenvalue weighted by atomic mass is 10.2. The largest absolute Gasteiger partial charge is 0.405 e. The second kappa shape index (κ2) is 5.81. The van der Waals surface area contributed by atoms with Gasteiger partial charge in [-0.15, -0.1) is 0 Å². The Labute approximate surface area is 107 Å². The summed E-state index contributed by atoms with van der Waals surface area (Å²) >= 11 is 0. The Morgan fingerprint density at radius 2 is 1.20 bits per heavy atom. The van der Waals surface area contributed by atoms with Gasteiger partial charge in [-0.2, -0.15) is 13.2 Å².